The lowest BCUT2D eigenvalue weighted by Gasteiger charge is -2.15. The highest BCUT2D eigenvalue weighted by molar-refractivity contribution is 5.95. The predicted octanol–water partition coefficient (Wildman–Crippen LogP) is 3.27. The fourth-order valence-corrected chi connectivity index (χ4v) is 2.57. The molecule has 0 aromatic heterocycles. The minimum atomic E-state index is -0.993. The Balaban J connectivity index is 1.90. The van der Waals surface area contributed by atoms with E-state index in [1.807, 2.05) is 32.0 Å². The highest BCUT2D eigenvalue weighted by atomic mass is 16.6. The molecule has 0 aliphatic heterocycles. The summed E-state index contributed by atoms with van der Waals surface area (Å²) in [5.41, 5.74) is 2.53. The van der Waals surface area contributed by atoms with Crippen LogP contribution in [0.25, 0.3) is 0 Å². The highest BCUT2D eigenvalue weighted by Crippen LogP contribution is 2.26. The number of aryl methyl sites for hydroxylation is 2. The topological polar surface area (TPSA) is 83.1 Å². The second-order valence-corrected chi connectivity index (χ2v) is 6.33. The molecule has 0 aliphatic carbocycles. The lowest BCUT2D eigenvalue weighted by Crippen LogP contribution is -2.31. The number of rotatable bonds is 8. The predicted molar refractivity (Wildman–Crippen MR) is 105 cm³/mol. The van der Waals surface area contributed by atoms with E-state index in [0.29, 0.717) is 22.9 Å². The highest BCUT2D eigenvalue weighted by Gasteiger charge is 2.19. The molecule has 0 saturated heterocycles. The van der Waals surface area contributed by atoms with Gasteiger partial charge in [-0.15, -0.1) is 0 Å². The van der Waals surface area contributed by atoms with Crippen molar-refractivity contribution in [3.63, 3.8) is 0 Å². The third-order valence-corrected chi connectivity index (χ3v) is 3.85. The van der Waals surface area contributed by atoms with Gasteiger partial charge in [-0.3, -0.25) is 4.79 Å². The molecular formula is C21H25NO6. The van der Waals surface area contributed by atoms with Crippen molar-refractivity contribution in [2.45, 2.75) is 26.9 Å². The minimum Gasteiger partial charge on any atom is -0.497 e. The Morgan fingerprint density at radius 3 is 2.00 bits per heavy atom. The van der Waals surface area contributed by atoms with E-state index in [9.17, 15) is 9.59 Å². The van der Waals surface area contributed by atoms with Crippen molar-refractivity contribution in [3.8, 4) is 17.2 Å². The number of hydrogen-bond donors (Lipinski definition) is 1. The quantitative estimate of drug-likeness (QED) is 0.700. The van der Waals surface area contributed by atoms with Gasteiger partial charge in [0.2, 0.25) is 0 Å². The second kappa shape index (κ2) is 9.64. The number of esters is 1. The van der Waals surface area contributed by atoms with Crippen molar-refractivity contribution in [2.24, 2.45) is 0 Å². The van der Waals surface area contributed by atoms with E-state index >= 15 is 0 Å². The first-order valence-corrected chi connectivity index (χ1v) is 8.75. The number of nitrogens with one attached hydrogen (secondary N) is 1. The van der Waals surface area contributed by atoms with Gasteiger partial charge in [-0.05, 0) is 44.0 Å². The van der Waals surface area contributed by atoms with E-state index in [2.05, 4.69) is 5.32 Å². The van der Waals surface area contributed by atoms with Crippen LogP contribution in [0.4, 0.5) is 5.69 Å². The second-order valence-electron chi connectivity index (χ2n) is 6.33. The molecule has 7 heteroatoms. The number of anilines is 1. The first-order chi connectivity index (χ1) is 13.3. The molecular weight excluding hydrogens is 362 g/mol. The summed E-state index contributed by atoms with van der Waals surface area (Å²) in [6, 6.07) is 10.6. The summed E-state index contributed by atoms with van der Waals surface area (Å²) in [6.45, 7) is 5.09. The Bertz CT molecular complexity index is 806. The van der Waals surface area contributed by atoms with Crippen LogP contribution < -0.4 is 19.5 Å². The zero-order valence-electron chi connectivity index (χ0n) is 16.7. The molecule has 7 nitrogen and oxygen atoms in total. The Morgan fingerprint density at radius 2 is 1.46 bits per heavy atom. The van der Waals surface area contributed by atoms with Gasteiger partial charge in [-0.2, -0.15) is 0 Å². The van der Waals surface area contributed by atoms with Crippen LogP contribution >= 0.6 is 0 Å². The van der Waals surface area contributed by atoms with Crippen LogP contribution in [0.3, 0.4) is 0 Å². The molecule has 150 valence electrons. The maximum absolute atomic E-state index is 12.3. The average molecular weight is 387 g/mol. The Hall–Kier alpha value is -3.22. The molecule has 0 aliphatic rings. The van der Waals surface area contributed by atoms with Crippen molar-refractivity contribution >= 4 is 17.6 Å². The summed E-state index contributed by atoms with van der Waals surface area (Å²) < 4.78 is 20.9. The van der Waals surface area contributed by atoms with Gasteiger partial charge in [-0.1, -0.05) is 6.07 Å². The lowest BCUT2D eigenvalue weighted by molar-refractivity contribution is -0.155. The molecule has 0 radical (unpaired) electrons. The molecule has 0 heterocycles. The summed E-state index contributed by atoms with van der Waals surface area (Å²) >= 11 is 0. The molecule has 2 aromatic carbocycles. The SMILES string of the molecule is COc1cc(NC(=O)C(C)OC(=O)COc2cc(C)cc(C)c2)cc(OC)c1. The molecule has 1 atom stereocenters. The van der Waals surface area contributed by atoms with Gasteiger partial charge < -0.3 is 24.3 Å². The van der Waals surface area contributed by atoms with Crippen molar-refractivity contribution in [1.29, 1.82) is 0 Å². The number of amides is 1. The smallest absolute Gasteiger partial charge is 0.344 e. The average Bonchev–Trinajstić information content (AvgIpc) is 2.65. The van der Waals surface area contributed by atoms with Crippen LogP contribution in [-0.2, 0) is 14.3 Å². The summed E-state index contributed by atoms with van der Waals surface area (Å²) in [6.07, 6.45) is -0.993. The Labute approximate surface area is 164 Å². The molecule has 28 heavy (non-hydrogen) atoms. The van der Waals surface area contributed by atoms with Crippen LogP contribution in [0, 0.1) is 13.8 Å². The zero-order valence-corrected chi connectivity index (χ0v) is 16.7. The van der Waals surface area contributed by atoms with Crippen molar-refractivity contribution in [2.75, 3.05) is 26.1 Å². The molecule has 1 N–H and O–H groups in total. The number of hydrogen-bond acceptors (Lipinski definition) is 6. The summed E-state index contributed by atoms with van der Waals surface area (Å²) in [5, 5.41) is 2.67. The summed E-state index contributed by atoms with van der Waals surface area (Å²) in [4.78, 5) is 24.3. The number of carbonyl (C=O) groups excluding carboxylic acids is 2. The summed E-state index contributed by atoms with van der Waals surface area (Å²) in [7, 11) is 3.03. The van der Waals surface area contributed by atoms with Gasteiger partial charge >= 0.3 is 5.97 Å². The first kappa shape index (κ1) is 21.1. The van der Waals surface area contributed by atoms with Gasteiger partial charge in [0.25, 0.3) is 5.91 Å². The lowest BCUT2D eigenvalue weighted by atomic mass is 10.1. The number of carbonyl (C=O) groups is 2. The van der Waals surface area contributed by atoms with Gasteiger partial charge in [0.15, 0.2) is 12.7 Å². The van der Waals surface area contributed by atoms with Gasteiger partial charge in [-0.25, -0.2) is 4.79 Å². The third-order valence-electron chi connectivity index (χ3n) is 3.85. The first-order valence-electron chi connectivity index (χ1n) is 8.75. The molecule has 0 fully saturated rings. The van der Waals surface area contributed by atoms with Crippen LogP contribution in [0.2, 0.25) is 0 Å². The maximum Gasteiger partial charge on any atom is 0.344 e. The van der Waals surface area contributed by atoms with Crippen molar-refractivity contribution < 1.29 is 28.5 Å². The monoisotopic (exact) mass is 387 g/mol. The third kappa shape index (κ3) is 6.19. The standard InChI is InChI=1S/C21H25NO6/c1-13-6-14(2)8-19(7-13)27-12-20(23)28-15(3)21(24)22-16-9-17(25-4)11-18(10-16)26-5/h6-11,15H,12H2,1-5H3,(H,22,24). The molecule has 1 unspecified atom stereocenters. The molecule has 0 spiro atoms. The molecule has 0 bridgehead atoms. The van der Waals surface area contributed by atoms with Crippen LogP contribution in [0.1, 0.15) is 18.1 Å². The fraction of sp³-hybridized carbons (Fsp3) is 0.333. The van der Waals surface area contributed by atoms with Crippen molar-refractivity contribution in [1.82, 2.24) is 0 Å². The molecule has 1 amide bonds. The van der Waals surface area contributed by atoms with E-state index in [-0.39, 0.29) is 6.61 Å². The van der Waals surface area contributed by atoms with Crippen molar-refractivity contribution in [3.05, 3.63) is 47.5 Å². The largest absolute Gasteiger partial charge is 0.497 e. The van der Waals surface area contributed by atoms with Crippen LogP contribution in [-0.4, -0.2) is 38.8 Å². The fourth-order valence-electron chi connectivity index (χ4n) is 2.57. The number of ether oxygens (including phenoxy) is 4. The van der Waals surface area contributed by atoms with Gasteiger partial charge in [0.1, 0.15) is 17.2 Å². The minimum absolute atomic E-state index is 0.284. The Morgan fingerprint density at radius 1 is 0.893 bits per heavy atom. The van der Waals surface area contributed by atoms with Crippen LogP contribution in [0.5, 0.6) is 17.2 Å². The van der Waals surface area contributed by atoms with E-state index in [1.165, 1.54) is 21.1 Å². The normalized spacial score (nSPS) is 11.3. The molecule has 2 aromatic rings. The van der Waals surface area contributed by atoms with Gasteiger partial charge in [0, 0.05) is 23.9 Å². The number of benzene rings is 2. The zero-order chi connectivity index (χ0) is 20.7. The summed E-state index contributed by atoms with van der Waals surface area (Å²) in [5.74, 6) is 0.525. The maximum atomic E-state index is 12.3. The van der Waals surface area contributed by atoms with E-state index in [0.717, 1.165) is 11.1 Å². The Kier molecular flexibility index (Phi) is 7.26. The molecule has 0 saturated carbocycles. The van der Waals surface area contributed by atoms with E-state index in [1.54, 1.807) is 18.2 Å². The molecule has 2 rings (SSSR count). The van der Waals surface area contributed by atoms with Gasteiger partial charge in [0.05, 0.1) is 14.2 Å². The van der Waals surface area contributed by atoms with E-state index < -0.39 is 18.0 Å². The van der Waals surface area contributed by atoms with Crippen LogP contribution in [0.15, 0.2) is 36.4 Å². The number of methoxy groups -OCH3 is 2. The van der Waals surface area contributed by atoms with E-state index in [4.69, 9.17) is 18.9 Å².